The summed E-state index contributed by atoms with van der Waals surface area (Å²) in [6, 6.07) is 1.68. The molecule has 2 aliphatic carbocycles. The second-order valence-corrected chi connectivity index (χ2v) is 16.7. The first-order valence-corrected chi connectivity index (χ1v) is 16.3. The summed E-state index contributed by atoms with van der Waals surface area (Å²) in [5, 5.41) is 16.5. The Morgan fingerprint density at radius 2 is 1.71 bits per heavy atom. The van der Waals surface area contributed by atoms with Crippen LogP contribution in [-0.4, -0.2) is 33.6 Å². The van der Waals surface area contributed by atoms with E-state index >= 15 is 0 Å². The van der Waals surface area contributed by atoms with Crippen LogP contribution in [0.15, 0.2) is 11.2 Å². The molecule has 4 atom stereocenters. The molecule has 4 aliphatic rings. The third-order valence-corrected chi connectivity index (χ3v) is 11.9. The summed E-state index contributed by atoms with van der Waals surface area (Å²) in [7, 11) is -4.14. The third kappa shape index (κ3) is 4.90. The van der Waals surface area contributed by atoms with E-state index in [0.29, 0.717) is 48.8 Å². The minimum Gasteiger partial charge on any atom is -0.486 e. The Labute approximate surface area is 244 Å². The first-order valence-electron chi connectivity index (χ1n) is 14.8. The molecule has 0 saturated heterocycles. The maximum atomic E-state index is 14.2. The number of nitrogens with one attached hydrogen (secondary N) is 1. The molecule has 41 heavy (non-hydrogen) atoms. The normalized spacial score (nSPS) is 31.9. The van der Waals surface area contributed by atoms with Crippen molar-refractivity contribution in [1.29, 1.82) is 0 Å². The molecule has 2 N–H and O–H groups in total. The van der Waals surface area contributed by atoms with Crippen molar-refractivity contribution in [3.05, 3.63) is 22.8 Å². The summed E-state index contributed by atoms with van der Waals surface area (Å²) < 4.78 is 39.8. The molecule has 2 saturated carbocycles. The van der Waals surface area contributed by atoms with Crippen molar-refractivity contribution in [3.63, 3.8) is 0 Å². The van der Waals surface area contributed by atoms with Crippen molar-refractivity contribution >= 4 is 19.4 Å². The van der Waals surface area contributed by atoms with Crippen LogP contribution in [0.4, 0.5) is 0 Å². The van der Waals surface area contributed by atoms with E-state index < -0.39 is 24.6 Å². The second kappa shape index (κ2) is 9.45. The van der Waals surface area contributed by atoms with Crippen LogP contribution in [0, 0.1) is 22.7 Å². The molecular formula is C31H47N2O7P. The minimum absolute atomic E-state index is 0.105. The average molecular weight is 591 g/mol. The Morgan fingerprint density at radius 1 is 1.07 bits per heavy atom. The van der Waals surface area contributed by atoms with Gasteiger partial charge in [-0.3, -0.25) is 13.8 Å². The number of phosphoric ester groups is 1. The number of rotatable bonds is 4. The first-order chi connectivity index (χ1) is 18.8. The summed E-state index contributed by atoms with van der Waals surface area (Å²) in [5.74, 6) is 1.13. The topological polar surface area (TPSA) is 116 Å². The van der Waals surface area contributed by atoms with E-state index in [1.807, 2.05) is 0 Å². The fraction of sp³-hybridized carbons (Fsp3) is 0.742. The Kier molecular flexibility index (Phi) is 7.00. The van der Waals surface area contributed by atoms with Gasteiger partial charge in [-0.05, 0) is 85.6 Å². The van der Waals surface area contributed by atoms with Crippen molar-refractivity contribution < 1.29 is 32.9 Å². The zero-order valence-electron chi connectivity index (χ0n) is 26.3. The molecule has 0 bridgehead atoms. The van der Waals surface area contributed by atoms with E-state index in [0.717, 1.165) is 29.7 Å². The summed E-state index contributed by atoms with van der Waals surface area (Å²) in [4.78, 5) is 13.0. The zero-order valence-corrected chi connectivity index (χ0v) is 27.2. The largest absolute Gasteiger partial charge is 0.531 e. The van der Waals surface area contributed by atoms with Crippen LogP contribution < -0.4 is 14.6 Å². The standard InChI is InChI=1S/C31H47N2O7P/c1-18-11-12-23-29(8,9)24(33-35)13-14-31(23)30(18,10)16-20-22(15-19-21(25(20)37-31)17-32-26(19)34)38-41(36,39-27(2,3)4)40-28(5,6)7/h15,18,23,35H,11-14,16-17H2,1-10H3,(H,32,34)/t18-,23-,30+,31-/m0/s1. The lowest BCUT2D eigenvalue weighted by atomic mass is 9.44. The molecule has 0 unspecified atom stereocenters. The fourth-order valence-corrected chi connectivity index (χ4v) is 9.75. The highest BCUT2D eigenvalue weighted by atomic mass is 31.2. The molecule has 2 aliphatic heterocycles. The number of phosphoric acid groups is 1. The van der Waals surface area contributed by atoms with E-state index in [-0.39, 0.29) is 22.7 Å². The van der Waals surface area contributed by atoms with Gasteiger partial charge in [0, 0.05) is 34.4 Å². The van der Waals surface area contributed by atoms with Crippen LogP contribution >= 0.6 is 7.82 Å². The molecule has 10 heteroatoms. The highest BCUT2D eigenvalue weighted by Crippen LogP contribution is 2.67. The maximum Gasteiger partial charge on any atom is 0.531 e. The van der Waals surface area contributed by atoms with Crippen molar-refractivity contribution in [2.24, 2.45) is 27.8 Å². The van der Waals surface area contributed by atoms with Crippen molar-refractivity contribution in [3.8, 4) is 11.5 Å². The molecule has 0 radical (unpaired) electrons. The van der Waals surface area contributed by atoms with Crippen LogP contribution in [0.25, 0.3) is 0 Å². The summed E-state index contributed by atoms with van der Waals surface area (Å²) in [6.45, 7) is 20.0. The number of ether oxygens (including phenoxy) is 1. The van der Waals surface area contributed by atoms with E-state index in [4.69, 9.17) is 18.3 Å². The molecule has 1 aromatic carbocycles. The summed E-state index contributed by atoms with van der Waals surface area (Å²) >= 11 is 0. The van der Waals surface area contributed by atoms with Crippen LogP contribution in [0.2, 0.25) is 0 Å². The van der Waals surface area contributed by atoms with Gasteiger partial charge in [0.2, 0.25) is 0 Å². The van der Waals surface area contributed by atoms with Gasteiger partial charge in [-0.2, -0.15) is 0 Å². The zero-order chi connectivity index (χ0) is 30.4. The lowest BCUT2D eigenvalue weighted by Crippen LogP contribution is -2.69. The number of carbonyl (C=O) groups excluding carboxylic acids is 1. The predicted molar refractivity (Wildman–Crippen MR) is 157 cm³/mol. The third-order valence-electron chi connectivity index (χ3n) is 9.90. The first kappa shape index (κ1) is 30.4. The molecule has 1 spiro atoms. The number of fused-ring (bicyclic) bond motifs is 3. The smallest absolute Gasteiger partial charge is 0.486 e. The Balaban J connectivity index is 1.70. The van der Waals surface area contributed by atoms with Crippen molar-refractivity contribution in [2.75, 3.05) is 0 Å². The number of hydrogen-bond donors (Lipinski definition) is 2. The minimum atomic E-state index is -4.14. The van der Waals surface area contributed by atoms with E-state index in [2.05, 4.69) is 38.2 Å². The maximum absolute atomic E-state index is 14.2. The second-order valence-electron chi connectivity index (χ2n) is 15.2. The Morgan fingerprint density at radius 3 is 2.29 bits per heavy atom. The quantitative estimate of drug-likeness (QED) is 0.213. The van der Waals surface area contributed by atoms with Gasteiger partial charge >= 0.3 is 7.82 Å². The molecule has 2 fully saturated rings. The van der Waals surface area contributed by atoms with Crippen LogP contribution in [0.1, 0.15) is 116 Å². The fourth-order valence-electron chi connectivity index (χ4n) is 7.89. The van der Waals surface area contributed by atoms with Gasteiger partial charge in [-0.1, -0.05) is 32.9 Å². The Hall–Kier alpha value is -2.09. The van der Waals surface area contributed by atoms with Gasteiger partial charge in [0.05, 0.1) is 22.5 Å². The van der Waals surface area contributed by atoms with Gasteiger partial charge < -0.3 is 19.8 Å². The van der Waals surface area contributed by atoms with E-state index in [1.54, 1.807) is 47.6 Å². The molecule has 1 aromatic rings. The highest BCUT2D eigenvalue weighted by Gasteiger charge is 2.67. The number of hydrogen-bond acceptors (Lipinski definition) is 8. The molecule has 5 rings (SSSR count). The van der Waals surface area contributed by atoms with Gasteiger partial charge in [0.15, 0.2) is 0 Å². The molecular weight excluding hydrogens is 543 g/mol. The van der Waals surface area contributed by atoms with Crippen molar-refractivity contribution in [1.82, 2.24) is 5.32 Å². The molecule has 228 valence electrons. The van der Waals surface area contributed by atoms with Gasteiger partial charge in [-0.25, -0.2) is 4.57 Å². The highest BCUT2D eigenvalue weighted by molar-refractivity contribution is 7.49. The predicted octanol–water partition coefficient (Wildman–Crippen LogP) is 7.42. The number of oxime groups is 1. The molecule has 1 amide bonds. The number of amides is 1. The van der Waals surface area contributed by atoms with E-state index in [9.17, 15) is 14.6 Å². The molecule has 2 heterocycles. The van der Waals surface area contributed by atoms with Gasteiger partial charge in [-0.15, -0.1) is 0 Å². The Bertz CT molecular complexity index is 1320. The number of carbonyl (C=O) groups is 1. The summed E-state index contributed by atoms with van der Waals surface area (Å²) in [5.41, 5.74) is 0.00336. The van der Waals surface area contributed by atoms with Crippen LogP contribution in [-0.2, 0) is 26.6 Å². The van der Waals surface area contributed by atoms with Crippen LogP contribution in [0.3, 0.4) is 0 Å². The SMILES string of the molecule is C[C@H]1CC[C@H]2C(C)(C)C(=NO)CC[C@]23Oc2c(c(OP(=O)(OC(C)(C)C)OC(C)(C)C)cc4c2CNC4=O)C[C@]13C. The number of benzene rings is 1. The van der Waals surface area contributed by atoms with E-state index in [1.165, 1.54) is 0 Å². The van der Waals surface area contributed by atoms with Gasteiger partial charge in [0.1, 0.15) is 17.1 Å². The lowest BCUT2D eigenvalue weighted by Gasteiger charge is -2.66. The van der Waals surface area contributed by atoms with Crippen molar-refractivity contribution in [2.45, 2.75) is 125 Å². The van der Waals surface area contributed by atoms with Crippen LogP contribution in [0.5, 0.6) is 11.5 Å². The average Bonchev–Trinajstić information content (AvgIpc) is 3.16. The van der Waals surface area contributed by atoms with Gasteiger partial charge in [0.25, 0.3) is 5.91 Å². The number of nitrogens with zero attached hydrogens (tertiary/aromatic N) is 1. The lowest BCUT2D eigenvalue weighted by molar-refractivity contribution is -0.191. The monoisotopic (exact) mass is 590 g/mol. The molecule has 9 nitrogen and oxygen atoms in total. The molecule has 0 aromatic heterocycles. The summed E-state index contributed by atoms with van der Waals surface area (Å²) in [6.07, 6.45) is 3.90.